The summed E-state index contributed by atoms with van der Waals surface area (Å²) < 4.78 is 31.2. The zero-order valence-electron chi connectivity index (χ0n) is 17.4. The molecular formula is C25H23FN2O3. The van der Waals surface area contributed by atoms with Gasteiger partial charge in [-0.05, 0) is 42.8 Å². The van der Waals surface area contributed by atoms with Crippen molar-refractivity contribution in [3.63, 3.8) is 0 Å². The van der Waals surface area contributed by atoms with E-state index in [0.717, 1.165) is 39.7 Å². The van der Waals surface area contributed by atoms with Gasteiger partial charge in [0, 0.05) is 17.5 Å². The van der Waals surface area contributed by atoms with Gasteiger partial charge in [-0.3, -0.25) is 0 Å². The zero-order chi connectivity index (χ0) is 21.4. The Kier molecular flexibility index (Phi) is 4.98. The second-order valence-corrected chi connectivity index (χ2v) is 7.51. The number of hydrogen-bond acceptors (Lipinski definition) is 5. The summed E-state index contributed by atoms with van der Waals surface area (Å²) in [4.78, 5) is 0. The number of halogens is 1. The average Bonchev–Trinajstić information content (AvgIpc) is 3.25. The molecule has 5 rings (SSSR count). The quantitative estimate of drug-likeness (QED) is 0.551. The van der Waals surface area contributed by atoms with E-state index in [-0.39, 0.29) is 11.9 Å². The van der Waals surface area contributed by atoms with Gasteiger partial charge in [-0.2, -0.15) is 5.10 Å². The van der Waals surface area contributed by atoms with Crippen LogP contribution >= 0.6 is 0 Å². The first-order valence-corrected chi connectivity index (χ1v) is 10.4. The van der Waals surface area contributed by atoms with Gasteiger partial charge in [0.05, 0.1) is 25.5 Å². The molecule has 0 fully saturated rings. The van der Waals surface area contributed by atoms with E-state index in [1.54, 1.807) is 19.2 Å². The highest BCUT2D eigenvalue weighted by Crippen LogP contribution is 2.50. The standard InChI is InChI=1S/C25H23FN2O3/c1-3-30-23-9-5-8-20-22-15-21(16-10-12-18(26)13-11-16)27-28(22)25(31-24(20)23)17-6-4-7-19(14-17)29-2/h4-14,22,25H,3,15H2,1-2H3/t22-,25+/m0/s1. The SMILES string of the molecule is CCOc1cccc2c1O[C@H](c1cccc(OC)c1)N1N=C(c3ccc(F)cc3)C[C@@H]21. The summed E-state index contributed by atoms with van der Waals surface area (Å²) in [5.41, 5.74) is 3.77. The molecule has 0 saturated carbocycles. The van der Waals surface area contributed by atoms with Crippen molar-refractivity contribution in [2.75, 3.05) is 13.7 Å². The van der Waals surface area contributed by atoms with E-state index in [2.05, 4.69) is 6.07 Å². The molecule has 0 spiro atoms. The Morgan fingerprint density at radius 3 is 2.68 bits per heavy atom. The molecule has 31 heavy (non-hydrogen) atoms. The normalized spacial score (nSPS) is 19.2. The van der Waals surface area contributed by atoms with Crippen LogP contribution < -0.4 is 14.2 Å². The molecule has 0 bridgehead atoms. The molecule has 0 radical (unpaired) electrons. The van der Waals surface area contributed by atoms with E-state index in [9.17, 15) is 4.39 Å². The highest BCUT2D eigenvalue weighted by Gasteiger charge is 2.42. The minimum absolute atomic E-state index is 0.0135. The predicted octanol–water partition coefficient (Wildman–Crippen LogP) is 5.48. The third kappa shape index (κ3) is 3.48. The fraction of sp³-hybridized carbons (Fsp3) is 0.240. The molecule has 0 aromatic heterocycles. The van der Waals surface area contributed by atoms with Crippen LogP contribution in [0.1, 0.15) is 42.3 Å². The second-order valence-electron chi connectivity index (χ2n) is 7.51. The van der Waals surface area contributed by atoms with Gasteiger partial charge in [0.25, 0.3) is 0 Å². The Bertz CT molecular complexity index is 1130. The summed E-state index contributed by atoms with van der Waals surface area (Å²) in [6.07, 6.45) is 0.255. The van der Waals surface area contributed by atoms with E-state index >= 15 is 0 Å². The van der Waals surface area contributed by atoms with Crippen molar-refractivity contribution >= 4 is 5.71 Å². The highest BCUT2D eigenvalue weighted by molar-refractivity contribution is 6.02. The zero-order valence-corrected chi connectivity index (χ0v) is 17.4. The van der Waals surface area contributed by atoms with Crippen LogP contribution in [0.3, 0.4) is 0 Å². The molecule has 0 amide bonds. The maximum Gasteiger partial charge on any atom is 0.214 e. The summed E-state index contributed by atoms with van der Waals surface area (Å²) in [6, 6.07) is 20.2. The number of ether oxygens (including phenoxy) is 3. The molecule has 0 aliphatic carbocycles. The van der Waals surface area contributed by atoms with Crippen LogP contribution in [0, 0.1) is 5.82 Å². The summed E-state index contributed by atoms with van der Waals surface area (Å²) >= 11 is 0. The summed E-state index contributed by atoms with van der Waals surface area (Å²) in [6.45, 7) is 2.51. The van der Waals surface area contributed by atoms with Crippen LogP contribution in [0.25, 0.3) is 0 Å². The molecular weight excluding hydrogens is 395 g/mol. The third-order valence-corrected chi connectivity index (χ3v) is 5.64. The molecule has 0 unspecified atom stereocenters. The number of benzene rings is 3. The molecule has 0 N–H and O–H groups in total. The molecule has 3 aromatic rings. The Morgan fingerprint density at radius 1 is 1.10 bits per heavy atom. The number of hydrazone groups is 1. The predicted molar refractivity (Wildman–Crippen MR) is 116 cm³/mol. The van der Waals surface area contributed by atoms with Crippen LogP contribution in [-0.4, -0.2) is 24.4 Å². The van der Waals surface area contributed by atoms with E-state index < -0.39 is 6.23 Å². The van der Waals surface area contributed by atoms with Crippen LogP contribution in [0.5, 0.6) is 17.2 Å². The lowest BCUT2D eigenvalue weighted by molar-refractivity contribution is -0.0213. The number of fused-ring (bicyclic) bond motifs is 3. The minimum Gasteiger partial charge on any atom is -0.497 e. The van der Waals surface area contributed by atoms with Crippen molar-refractivity contribution < 1.29 is 18.6 Å². The van der Waals surface area contributed by atoms with Gasteiger partial charge in [0.1, 0.15) is 11.6 Å². The Hall–Kier alpha value is -3.54. The Balaban J connectivity index is 1.61. The van der Waals surface area contributed by atoms with Crippen molar-refractivity contribution in [1.29, 1.82) is 0 Å². The van der Waals surface area contributed by atoms with Crippen molar-refractivity contribution in [2.45, 2.75) is 25.6 Å². The highest BCUT2D eigenvalue weighted by atomic mass is 19.1. The molecule has 0 saturated heterocycles. The van der Waals surface area contributed by atoms with Gasteiger partial charge >= 0.3 is 0 Å². The minimum atomic E-state index is -0.438. The summed E-state index contributed by atoms with van der Waals surface area (Å²) in [7, 11) is 1.65. The van der Waals surface area contributed by atoms with Gasteiger partial charge in [-0.1, -0.05) is 36.4 Å². The van der Waals surface area contributed by atoms with Gasteiger partial charge in [0.2, 0.25) is 6.23 Å². The lowest BCUT2D eigenvalue weighted by Crippen LogP contribution is -2.34. The fourth-order valence-electron chi connectivity index (χ4n) is 4.18. The first-order valence-electron chi connectivity index (χ1n) is 10.4. The third-order valence-electron chi connectivity index (χ3n) is 5.64. The lowest BCUT2D eigenvalue weighted by atomic mass is 9.95. The largest absolute Gasteiger partial charge is 0.497 e. The topological polar surface area (TPSA) is 43.3 Å². The molecule has 2 heterocycles. The number of nitrogens with zero attached hydrogens (tertiary/aromatic N) is 2. The average molecular weight is 418 g/mol. The number of rotatable bonds is 5. The molecule has 3 aromatic carbocycles. The van der Waals surface area contributed by atoms with Crippen molar-refractivity contribution in [1.82, 2.24) is 5.01 Å². The van der Waals surface area contributed by atoms with Crippen LogP contribution in [0.15, 0.2) is 71.8 Å². The van der Waals surface area contributed by atoms with Gasteiger partial charge in [0.15, 0.2) is 11.5 Å². The van der Waals surface area contributed by atoms with E-state index in [4.69, 9.17) is 19.3 Å². The van der Waals surface area contributed by atoms with Gasteiger partial charge in [-0.25, -0.2) is 9.40 Å². The summed E-state index contributed by atoms with van der Waals surface area (Å²) in [5.74, 6) is 1.96. The number of methoxy groups -OCH3 is 1. The summed E-state index contributed by atoms with van der Waals surface area (Å²) in [5, 5.41) is 6.91. The smallest absolute Gasteiger partial charge is 0.214 e. The van der Waals surface area contributed by atoms with Crippen LogP contribution in [-0.2, 0) is 0 Å². The van der Waals surface area contributed by atoms with Crippen molar-refractivity contribution in [3.8, 4) is 17.2 Å². The maximum absolute atomic E-state index is 13.4. The Labute approximate surface area is 180 Å². The fourth-order valence-corrected chi connectivity index (χ4v) is 4.18. The van der Waals surface area contributed by atoms with Gasteiger partial charge < -0.3 is 14.2 Å². The first-order chi connectivity index (χ1) is 15.2. The van der Waals surface area contributed by atoms with Crippen LogP contribution in [0.4, 0.5) is 4.39 Å². The number of para-hydroxylation sites is 1. The van der Waals surface area contributed by atoms with Crippen molar-refractivity contribution in [2.24, 2.45) is 5.10 Å². The van der Waals surface area contributed by atoms with Gasteiger partial charge in [-0.15, -0.1) is 0 Å². The molecule has 2 aliphatic heterocycles. The lowest BCUT2D eigenvalue weighted by Gasteiger charge is -2.38. The van der Waals surface area contributed by atoms with E-state index in [0.29, 0.717) is 13.0 Å². The number of hydrogen-bond donors (Lipinski definition) is 0. The maximum atomic E-state index is 13.4. The van der Waals surface area contributed by atoms with Crippen molar-refractivity contribution in [3.05, 3.63) is 89.2 Å². The molecule has 5 nitrogen and oxygen atoms in total. The Morgan fingerprint density at radius 2 is 1.90 bits per heavy atom. The second kappa shape index (κ2) is 7.95. The molecule has 2 aliphatic rings. The molecule has 2 atom stereocenters. The monoisotopic (exact) mass is 418 g/mol. The molecule has 6 heteroatoms. The molecule has 158 valence electrons. The van der Waals surface area contributed by atoms with Crippen LogP contribution in [0.2, 0.25) is 0 Å². The van der Waals surface area contributed by atoms with E-state index in [1.165, 1.54) is 12.1 Å². The van der Waals surface area contributed by atoms with E-state index in [1.807, 2.05) is 48.3 Å². The first kappa shape index (κ1) is 19.4.